The van der Waals surface area contributed by atoms with Crippen LogP contribution in [0.5, 0.6) is 0 Å². The standard InChI is InChI=1S/C26H28BF2N5O3/c1-14-11-17(12-15(2)23(14)28)31-25(22-16(3)32(4)8-7-20(22)30)34-10-9-33(26(34)35)21-6-5-19-18(24(21)29)13-37-27(19)36/h5-6,9-12,16,36H,7-8,13,30H2,1-4H3. The number of aliphatic imine (C=N–C) groups is 1. The smallest absolute Gasteiger partial charge is 0.423 e. The van der Waals surface area contributed by atoms with E-state index in [0.717, 1.165) is 6.54 Å². The highest BCUT2D eigenvalue weighted by molar-refractivity contribution is 6.61. The van der Waals surface area contributed by atoms with Gasteiger partial charge in [-0.1, -0.05) is 6.07 Å². The number of fused-ring (bicyclic) bond motifs is 1. The van der Waals surface area contributed by atoms with Gasteiger partial charge in [-0.2, -0.15) is 0 Å². The number of aromatic nitrogens is 2. The molecular formula is C26H28BF2N5O3. The fourth-order valence-electron chi connectivity index (χ4n) is 4.96. The Hall–Kier alpha value is -3.54. The largest absolute Gasteiger partial charge is 0.491 e. The minimum Gasteiger partial charge on any atom is -0.423 e. The molecule has 11 heteroatoms. The number of nitrogens with two attached hydrogens (primary N) is 1. The van der Waals surface area contributed by atoms with Crippen LogP contribution in [0.4, 0.5) is 14.5 Å². The van der Waals surface area contributed by atoms with Crippen molar-refractivity contribution in [1.29, 1.82) is 0 Å². The van der Waals surface area contributed by atoms with Crippen LogP contribution in [0.3, 0.4) is 0 Å². The molecule has 37 heavy (non-hydrogen) atoms. The third kappa shape index (κ3) is 4.22. The molecule has 3 N–H and O–H groups in total. The molecule has 2 aromatic carbocycles. The van der Waals surface area contributed by atoms with Crippen molar-refractivity contribution in [3.05, 3.63) is 86.7 Å². The first-order chi connectivity index (χ1) is 17.6. The molecule has 2 aliphatic heterocycles. The number of imidazole rings is 1. The second-order valence-electron chi connectivity index (χ2n) is 9.62. The summed E-state index contributed by atoms with van der Waals surface area (Å²) in [5.74, 6) is -0.651. The van der Waals surface area contributed by atoms with Gasteiger partial charge in [-0.05, 0) is 62.6 Å². The number of benzene rings is 2. The first kappa shape index (κ1) is 25.1. The summed E-state index contributed by atoms with van der Waals surface area (Å²) < 4.78 is 37.3. The summed E-state index contributed by atoms with van der Waals surface area (Å²) in [7, 11) is 0.770. The number of aryl methyl sites for hydroxylation is 2. The van der Waals surface area contributed by atoms with Gasteiger partial charge < -0.3 is 15.4 Å². The minimum atomic E-state index is -1.19. The predicted octanol–water partition coefficient (Wildman–Crippen LogP) is 2.27. The molecule has 3 heterocycles. The highest BCUT2D eigenvalue weighted by Gasteiger charge is 2.32. The van der Waals surface area contributed by atoms with Gasteiger partial charge in [0.05, 0.1) is 18.0 Å². The van der Waals surface area contributed by atoms with Crippen LogP contribution in [0.1, 0.15) is 30.0 Å². The predicted molar refractivity (Wildman–Crippen MR) is 139 cm³/mol. The van der Waals surface area contributed by atoms with Crippen molar-refractivity contribution in [2.24, 2.45) is 10.7 Å². The molecule has 5 rings (SSSR count). The van der Waals surface area contributed by atoms with Crippen LogP contribution in [0.25, 0.3) is 5.69 Å². The molecule has 0 saturated heterocycles. The molecule has 0 amide bonds. The van der Waals surface area contributed by atoms with Crippen LogP contribution < -0.4 is 16.9 Å². The minimum absolute atomic E-state index is 0.0313. The van der Waals surface area contributed by atoms with E-state index in [4.69, 9.17) is 15.4 Å². The van der Waals surface area contributed by atoms with E-state index in [2.05, 4.69) is 4.90 Å². The van der Waals surface area contributed by atoms with Crippen molar-refractivity contribution in [2.75, 3.05) is 13.6 Å². The fraction of sp³-hybridized carbons (Fsp3) is 0.308. The van der Waals surface area contributed by atoms with Crippen molar-refractivity contribution in [2.45, 2.75) is 39.8 Å². The molecule has 0 radical (unpaired) electrons. The first-order valence-electron chi connectivity index (χ1n) is 12.0. The van der Waals surface area contributed by atoms with Gasteiger partial charge in [0.2, 0.25) is 0 Å². The normalized spacial score (nSPS) is 18.6. The lowest BCUT2D eigenvalue weighted by molar-refractivity contribution is 0.272. The highest BCUT2D eigenvalue weighted by atomic mass is 19.1. The van der Waals surface area contributed by atoms with Crippen molar-refractivity contribution >= 4 is 24.1 Å². The zero-order chi connectivity index (χ0) is 26.6. The number of likely N-dealkylation sites (N-methyl/N-ethyl adjacent to an activating group) is 1. The number of halogens is 2. The van der Waals surface area contributed by atoms with E-state index in [9.17, 15) is 14.2 Å². The Kier molecular flexibility index (Phi) is 6.39. The summed E-state index contributed by atoms with van der Waals surface area (Å²) in [6.45, 7) is 5.96. The maximum absolute atomic E-state index is 15.4. The SMILES string of the molecule is Cc1cc(N=C(C2=C(N)CCN(C)C2C)n2ccn(-c3ccc4c(c3F)COB4O)c2=O)cc(C)c1F. The summed E-state index contributed by atoms with van der Waals surface area (Å²) in [5, 5.41) is 9.89. The van der Waals surface area contributed by atoms with Gasteiger partial charge in [0, 0.05) is 48.2 Å². The van der Waals surface area contributed by atoms with Crippen molar-refractivity contribution in [1.82, 2.24) is 14.0 Å². The third-order valence-electron chi connectivity index (χ3n) is 7.23. The lowest BCUT2D eigenvalue weighted by Gasteiger charge is -2.33. The molecule has 192 valence electrons. The van der Waals surface area contributed by atoms with Crippen molar-refractivity contribution < 1.29 is 18.5 Å². The summed E-state index contributed by atoms with van der Waals surface area (Å²) in [4.78, 5) is 20.6. The number of hydrogen-bond donors (Lipinski definition) is 2. The molecule has 0 bridgehead atoms. The van der Waals surface area contributed by atoms with Crippen molar-refractivity contribution in [3.63, 3.8) is 0 Å². The van der Waals surface area contributed by atoms with E-state index in [0.29, 0.717) is 45.8 Å². The van der Waals surface area contributed by atoms with E-state index < -0.39 is 18.6 Å². The quantitative estimate of drug-likeness (QED) is 0.322. The molecule has 1 atom stereocenters. The van der Waals surface area contributed by atoms with E-state index >= 15 is 4.39 Å². The molecule has 0 fully saturated rings. The van der Waals surface area contributed by atoms with Crippen molar-refractivity contribution in [3.8, 4) is 5.69 Å². The molecule has 3 aromatic rings. The number of rotatable bonds is 3. The van der Waals surface area contributed by atoms with Gasteiger partial charge >= 0.3 is 12.8 Å². The number of nitrogens with zero attached hydrogens (tertiary/aromatic N) is 4. The maximum atomic E-state index is 15.4. The molecule has 0 spiro atoms. The second kappa shape index (κ2) is 9.40. The molecule has 1 unspecified atom stereocenters. The maximum Gasteiger partial charge on any atom is 0.491 e. The zero-order valence-electron chi connectivity index (χ0n) is 21.1. The molecule has 1 aromatic heterocycles. The molecule has 2 aliphatic rings. The van der Waals surface area contributed by atoms with E-state index in [-0.39, 0.29) is 29.7 Å². The molecule has 0 aliphatic carbocycles. The molecule has 0 saturated carbocycles. The third-order valence-corrected chi connectivity index (χ3v) is 7.23. The van der Waals surface area contributed by atoms with E-state index in [1.165, 1.54) is 27.6 Å². The van der Waals surface area contributed by atoms with Gasteiger partial charge in [-0.25, -0.2) is 18.6 Å². The summed E-state index contributed by atoms with van der Waals surface area (Å²) in [5.41, 5.74) is 9.13. The van der Waals surface area contributed by atoms with Gasteiger partial charge in [-0.3, -0.25) is 14.0 Å². The average molecular weight is 507 g/mol. The molecular weight excluding hydrogens is 479 g/mol. The van der Waals surface area contributed by atoms with E-state index in [1.807, 2.05) is 14.0 Å². The first-order valence-corrected chi connectivity index (χ1v) is 12.0. The topological polar surface area (TPSA) is 98.0 Å². The summed E-state index contributed by atoms with van der Waals surface area (Å²) in [6.07, 6.45) is 3.57. The van der Waals surface area contributed by atoms with Gasteiger partial charge in [0.25, 0.3) is 0 Å². The second-order valence-corrected chi connectivity index (χ2v) is 9.62. The van der Waals surface area contributed by atoms with E-state index in [1.54, 1.807) is 32.0 Å². The summed E-state index contributed by atoms with van der Waals surface area (Å²) >= 11 is 0. The highest BCUT2D eigenvalue weighted by Crippen LogP contribution is 2.27. The average Bonchev–Trinajstić information content (AvgIpc) is 3.42. The number of hydrogen-bond acceptors (Lipinski definition) is 6. The van der Waals surface area contributed by atoms with Crippen LogP contribution in [-0.4, -0.2) is 51.6 Å². The Labute approximate surface area is 213 Å². The Balaban J connectivity index is 1.70. The molecule has 8 nitrogen and oxygen atoms in total. The Morgan fingerprint density at radius 1 is 1.19 bits per heavy atom. The zero-order valence-corrected chi connectivity index (χ0v) is 21.1. The van der Waals surface area contributed by atoms with Gasteiger partial charge in [0.15, 0.2) is 5.82 Å². The van der Waals surface area contributed by atoms with Gasteiger partial charge in [-0.15, -0.1) is 0 Å². The fourth-order valence-corrected chi connectivity index (χ4v) is 4.96. The van der Waals surface area contributed by atoms with Crippen LogP contribution in [0, 0.1) is 25.5 Å². The monoisotopic (exact) mass is 507 g/mol. The van der Waals surface area contributed by atoms with Crippen LogP contribution >= 0.6 is 0 Å². The Bertz CT molecular complexity index is 1500. The van der Waals surface area contributed by atoms with Crippen LogP contribution in [0.2, 0.25) is 0 Å². The van der Waals surface area contributed by atoms with Crippen LogP contribution in [0.15, 0.2) is 57.7 Å². The lowest BCUT2D eigenvalue weighted by atomic mass is 9.79. The lowest BCUT2D eigenvalue weighted by Crippen LogP contribution is -2.43. The summed E-state index contributed by atoms with van der Waals surface area (Å²) in [6, 6.07) is 6.06. The van der Waals surface area contributed by atoms with Gasteiger partial charge in [0.1, 0.15) is 11.7 Å². The Morgan fingerprint density at radius 2 is 1.89 bits per heavy atom. The Morgan fingerprint density at radius 3 is 2.59 bits per heavy atom. The van der Waals surface area contributed by atoms with Crippen LogP contribution in [-0.2, 0) is 11.3 Å².